The molecule has 0 unspecified atom stereocenters. The first-order valence-corrected chi connectivity index (χ1v) is 8.46. The van der Waals surface area contributed by atoms with Crippen LogP contribution >= 0.6 is 11.6 Å². The molecule has 26 heavy (non-hydrogen) atoms. The average Bonchev–Trinajstić information content (AvgIpc) is 2.67. The van der Waals surface area contributed by atoms with Gasteiger partial charge < -0.3 is 4.98 Å². The van der Waals surface area contributed by atoms with E-state index in [0.717, 1.165) is 21.9 Å². The number of nitrogens with zero attached hydrogens (tertiary/aromatic N) is 1. The van der Waals surface area contributed by atoms with E-state index in [9.17, 15) is 10.1 Å². The molecule has 1 heterocycles. The van der Waals surface area contributed by atoms with Gasteiger partial charge in [-0.3, -0.25) is 4.79 Å². The Kier molecular flexibility index (Phi) is 4.04. The molecule has 0 saturated heterocycles. The van der Waals surface area contributed by atoms with Crippen LogP contribution in [-0.2, 0) is 0 Å². The maximum Gasteiger partial charge on any atom is 0.266 e. The smallest absolute Gasteiger partial charge is 0.266 e. The van der Waals surface area contributed by atoms with Crippen LogP contribution in [0.2, 0.25) is 5.02 Å². The first-order valence-electron chi connectivity index (χ1n) is 8.09. The monoisotopic (exact) mass is 356 g/mol. The Balaban J connectivity index is 2.02. The second-order valence-electron chi connectivity index (χ2n) is 5.95. The Morgan fingerprint density at radius 1 is 0.885 bits per heavy atom. The van der Waals surface area contributed by atoms with Crippen LogP contribution in [0.4, 0.5) is 0 Å². The van der Waals surface area contributed by atoms with Gasteiger partial charge in [-0.2, -0.15) is 5.26 Å². The van der Waals surface area contributed by atoms with Gasteiger partial charge in [-0.1, -0.05) is 66.2 Å². The van der Waals surface area contributed by atoms with Gasteiger partial charge in [0.05, 0.1) is 0 Å². The molecule has 124 valence electrons. The minimum atomic E-state index is -0.409. The molecular formula is C22H13ClN2O. The number of halogens is 1. The van der Waals surface area contributed by atoms with E-state index >= 15 is 0 Å². The van der Waals surface area contributed by atoms with Gasteiger partial charge in [-0.05, 0) is 34.5 Å². The number of nitriles is 1. The number of H-pyrrole nitrogens is 1. The molecule has 3 nitrogen and oxygen atoms in total. The molecule has 0 spiro atoms. The van der Waals surface area contributed by atoms with Crippen molar-refractivity contribution in [1.29, 1.82) is 5.26 Å². The number of aromatic amines is 1. The number of hydrogen-bond acceptors (Lipinski definition) is 2. The molecule has 0 aliphatic rings. The fourth-order valence-electron chi connectivity index (χ4n) is 3.16. The minimum Gasteiger partial charge on any atom is -0.321 e. The summed E-state index contributed by atoms with van der Waals surface area (Å²) in [6, 6.07) is 24.9. The van der Waals surface area contributed by atoms with Crippen molar-refractivity contribution >= 4 is 22.4 Å². The van der Waals surface area contributed by atoms with Crippen LogP contribution in [0.5, 0.6) is 0 Å². The van der Waals surface area contributed by atoms with Crippen molar-refractivity contribution in [1.82, 2.24) is 4.98 Å². The molecule has 4 heteroatoms. The minimum absolute atomic E-state index is 0.0799. The second-order valence-corrected chi connectivity index (χ2v) is 6.39. The summed E-state index contributed by atoms with van der Waals surface area (Å²) in [7, 11) is 0. The maximum atomic E-state index is 12.5. The predicted octanol–water partition coefficient (Wildman–Crippen LogP) is 5.39. The molecule has 0 fully saturated rings. The van der Waals surface area contributed by atoms with Crippen molar-refractivity contribution in [3.63, 3.8) is 0 Å². The lowest BCUT2D eigenvalue weighted by Gasteiger charge is -2.10. The molecule has 0 radical (unpaired) electrons. The highest BCUT2D eigenvalue weighted by Gasteiger charge is 2.14. The molecule has 3 aromatic carbocycles. The predicted molar refractivity (Wildman–Crippen MR) is 105 cm³/mol. The fraction of sp³-hybridized carbons (Fsp3) is 0. The lowest BCUT2D eigenvalue weighted by atomic mass is 9.97. The normalized spacial score (nSPS) is 10.6. The van der Waals surface area contributed by atoms with Crippen LogP contribution in [0.1, 0.15) is 5.56 Å². The summed E-state index contributed by atoms with van der Waals surface area (Å²) < 4.78 is 0. The summed E-state index contributed by atoms with van der Waals surface area (Å²) in [5, 5.41) is 12.1. The number of nitrogens with one attached hydrogen (secondary N) is 1. The number of rotatable bonds is 2. The molecule has 0 aliphatic heterocycles. The Bertz CT molecular complexity index is 1230. The summed E-state index contributed by atoms with van der Waals surface area (Å²) in [6.45, 7) is 0. The molecule has 0 aliphatic carbocycles. The summed E-state index contributed by atoms with van der Waals surface area (Å²) in [5.41, 5.74) is 2.56. The van der Waals surface area contributed by atoms with Crippen molar-refractivity contribution in [2.24, 2.45) is 0 Å². The van der Waals surface area contributed by atoms with E-state index in [1.165, 1.54) is 0 Å². The standard InChI is InChI=1S/C22H13ClN2O/c23-16-8-3-7-15(11-16)19-12-21(25-22(26)20(19)13-24)18-10-4-6-14-5-1-2-9-17(14)18/h1-12H,(H,25,26). The lowest BCUT2D eigenvalue weighted by Crippen LogP contribution is -2.12. The van der Waals surface area contributed by atoms with Crippen LogP contribution in [0, 0.1) is 11.3 Å². The molecule has 0 saturated carbocycles. The summed E-state index contributed by atoms with van der Waals surface area (Å²) in [4.78, 5) is 15.4. The van der Waals surface area contributed by atoms with Gasteiger partial charge >= 0.3 is 0 Å². The van der Waals surface area contributed by atoms with Crippen LogP contribution in [0.3, 0.4) is 0 Å². The van der Waals surface area contributed by atoms with Crippen molar-refractivity contribution in [3.8, 4) is 28.5 Å². The van der Waals surface area contributed by atoms with E-state index in [1.54, 1.807) is 18.2 Å². The first kappa shape index (κ1) is 16.1. The molecule has 1 aromatic heterocycles. The van der Waals surface area contributed by atoms with Crippen LogP contribution in [0.15, 0.2) is 77.6 Å². The second kappa shape index (κ2) is 6.51. The van der Waals surface area contributed by atoms with Crippen molar-refractivity contribution in [2.75, 3.05) is 0 Å². The van der Waals surface area contributed by atoms with Crippen molar-refractivity contribution in [3.05, 3.63) is 93.7 Å². The summed E-state index contributed by atoms with van der Waals surface area (Å²) in [5.74, 6) is 0. The van der Waals surface area contributed by atoms with Gasteiger partial charge in [-0.15, -0.1) is 0 Å². The third-order valence-corrected chi connectivity index (χ3v) is 4.60. The van der Waals surface area contributed by atoms with E-state index in [0.29, 0.717) is 16.3 Å². The van der Waals surface area contributed by atoms with Gasteiger partial charge in [-0.25, -0.2) is 0 Å². The number of aromatic nitrogens is 1. The molecule has 0 atom stereocenters. The highest BCUT2D eigenvalue weighted by molar-refractivity contribution is 6.30. The molecule has 0 bridgehead atoms. The number of hydrogen-bond donors (Lipinski definition) is 1. The molecule has 4 aromatic rings. The molecule has 1 N–H and O–H groups in total. The van der Waals surface area contributed by atoms with Crippen LogP contribution in [-0.4, -0.2) is 4.98 Å². The SMILES string of the molecule is N#Cc1c(-c2cccc(Cl)c2)cc(-c2cccc3ccccc23)[nH]c1=O. The Labute approximate surface area is 155 Å². The summed E-state index contributed by atoms with van der Waals surface area (Å²) >= 11 is 6.10. The third kappa shape index (κ3) is 2.77. The number of pyridine rings is 1. The zero-order valence-corrected chi connectivity index (χ0v) is 14.4. The maximum absolute atomic E-state index is 12.5. The Morgan fingerprint density at radius 2 is 1.65 bits per heavy atom. The highest BCUT2D eigenvalue weighted by Crippen LogP contribution is 2.31. The van der Waals surface area contributed by atoms with Gasteiger partial charge in [0.25, 0.3) is 5.56 Å². The zero-order chi connectivity index (χ0) is 18.1. The third-order valence-electron chi connectivity index (χ3n) is 4.36. The van der Waals surface area contributed by atoms with Gasteiger partial charge in [0.1, 0.15) is 11.6 Å². The van der Waals surface area contributed by atoms with Crippen molar-refractivity contribution < 1.29 is 0 Å². The van der Waals surface area contributed by atoms with E-state index in [-0.39, 0.29) is 5.56 Å². The lowest BCUT2D eigenvalue weighted by molar-refractivity contribution is 1.22. The highest BCUT2D eigenvalue weighted by atomic mass is 35.5. The molecular weight excluding hydrogens is 344 g/mol. The first-order chi connectivity index (χ1) is 12.7. The van der Waals surface area contributed by atoms with Crippen LogP contribution < -0.4 is 5.56 Å². The molecule has 0 amide bonds. The quantitative estimate of drug-likeness (QED) is 0.523. The Morgan fingerprint density at radius 3 is 2.46 bits per heavy atom. The molecule has 4 rings (SSSR count). The topological polar surface area (TPSA) is 56.6 Å². The van der Waals surface area contributed by atoms with E-state index in [2.05, 4.69) is 4.98 Å². The number of fused-ring (bicyclic) bond motifs is 1. The summed E-state index contributed by atoms with van der Waals surface area (Å²) in [6.07, 6.45) is 0. The van der Waals surface area contributed by atoms with E-state index < -0.39 is 5.56 Å². The van der Waals surface area contributed by atoms with Crippen molar-refractivity contribution in [2.45, 2.75) is 0 Å². The zero-order valence-electron chi connectivity index (χ0n) is 13.7. The van der Waals surface area contributed by atoms with Gasteiger partial charge in [0.2, 0.25) is 0 Å². The average molecular weight is 357 g/mol. The number of benzene rings is 3. The van der Waals surface area contributed by atoms with Gasteiger partial charge in [0.15, 0.2) is 0 Å². The Hall–Kier alpha value is -3.35. The largest absolute Gasteiger partial charge is 0.321 e. The van der Waals surface area contributed by atoms with E-state index in [4.69, 9.17) is 11.6 Å². The van der Waals surface area contributed by atoms with E-state index in [1.807, 2.05) is 60.7 Å². The van der Waals surface area contributed by atoms with Gasteiger partial charge in [0, 0.05) is 21.8 Å². The fourth-order valence-corrected chi connectivity index (χ4v) is 3.35. The van der Waals surface area contributed by atoms with Crippen LogP contribution in [0.25, 0.3) is 33.2 Å².